The first-order chi connectivity index (χ1) is 15.6. The molecule has 1 amide bonds. The quantitative estimate of drug-likeness (QED) is 0.617. The predicted molar refractivity (Wildman–Crippen MR) is 116 cm³/mol. The van der Waals surface area contributed by atoms with Crippen molar-refractivity contribution in [3.8, 4) is 23.8 Å². The van der Waals surface area contributed by atoms with Crippen LogP contribution >= 0.6 is 0 Å². The summed E-state index contributed by atoms with van der Waals surface area (Å²) in [5, 5.41) is 19.5. The normalized spacial score (nSPS) is 15.1. The highest BCUT2D eigenvalue weighted by Gasteiger charge is 2.32. The predicted octanol–water partition coefficient (Wildman–Crippen LogP) is 3.28. The number of ether oxygens (including phenoxy) is 1. The first kappa shape index (κ1) is 21.2. The minimum absolute atomic E-state index is 0.223. The minimum atomic E-state index is -0.399. The molecule has 0 bridgehead atoms. The summed E-state index contributed by atoms with van der Waals surface area (Å²) in [5.41, 5.74) is 1.43. The van der Waals surface area contributed by atoms with Crippen LogP contribution in [0.25, 0.3) is 5.88 Å². The van der Waals surface area contributed by atoms with Crippen LogP contribution in [-0.2, 0) is 0 Å². The third-order valence-corrected chi connectivity index (χ3v) is 5.75. The van der Waals surface area contributed by atoms with Crippen LogP contribution in [0.4, 0.5) is 0 Å². The lowest BCUT2D eigenvalue weighted by Crippen LogP contribution is -2.49. The highest BCUT2D eigenvalue weighted by atomic mass is 16.5. The fourth-order valence-electron chi connectivity index (χ4n) is 4.04. The van der Waals surface area contributed by atoms with Crippen LogP contribution in [0.5, 0.6) is 5.75 Å². The van der Waals surface area contributed by atoms with Gasteiger partial charge in [0.25, 0.3) is 5.91 Å². The van der Waals surface area contributed by atoms with Crippen molar-refractivity contribution < 1.29 is 13.9 Å². The summed E-state index contributed by atoms with van der Waals surface area (Å²) in [5.74, 6) is 1.29. The molecule has 1 unspecified atom stereocenters. The van der Waals surface area contributed by atoms with Gasteiger partial charge in [-0.25, -0.2) is 0 Å². The van der Waals surface area contributed by atoms with Gasteiger partial charge in [0.15, 0.2) is 0 Å². The average Bonchev–Trinajstić information content (AvgIpc) is 3.47. The lowest BCUT2D eigenvalue weighted by atomic mass is 10.0. The lowest BCUT2D eigenvalue weighted by Gasteiger charge is -2.37. The molecule has 8 nitrogen and oxygen atoms in total. The zero-order chi connectivity index (χ0) is 22.7. The molecule has 3 aromatic rings. The molecule has 1 fully saturated rings. The summed E-state index contributed by atoms with van der Waals surface area (Å²) in [6, 6.07) is 15.2. The fourth-order valence-corrected chi connectivity index (χ4v) is 4.04. The topological polar surface area (TPSA) is 98.4 Å². The number of hydrogen-bond donors (Lipinski definition) is 0. The van der Waals surface area contributed by atoms with E-state index in [1.165, 1.54) is 0 Å². The van der Waals surface area contributed by atoms with Crippen LogP contribution in [0.1, 0.15) is 33.3 Å². The van der Waals surface area contributed by atoms with E-state index < -0.39 is 6.04 Å². The molecule has 0 aliphatic carbocycles. The molecule has 162 valence electrons. The second-order valence-corrected chi connectivity index (χ2v) is 7.55. The summed E-state index contributed by atoms with van der Waals surface area (Å²) < 4.78 is 12.7. The van der Waals surface area contributed by atoms with Crippen LogP contribution in [-0.4, -0.2) is 53.6 Å². The Morgan fingerprint density at radius 2 is 1.75 bits per heavy atom. The maximum absolute atomic E-state index is 13.3. The molecule has 3 heterocycles. The van der Waals surface area contributed by atoms with Gasteiger partial charge in [0, 0.05) is 38.6 Å². The van der Waals surface area contributed by atoms with E-state index in [4.69, 9.17) is 9.15 Å². The number of carbonyl (C=O) groups is 1. The molecule has 2 aromatic heterocycles. The fraction of sp³-hybridized carbons (Fsp3) is 0.292. The molecule has 0 radical (unpaired) electrons. The zero-order valence-electron chi connectivity index (χ0n) is 18.0. The Morgan fingerprint density at radius 3 is 2.31 bits per heavy atom. The molecular formula is C24H23N5O3. The van der Waals surface area contributed by atoms with Crippen molar-refractivity contribution in [2.24, 2.45) is 0 Å². The molecule has 1 aromatic carbocycles. The Kier molecular flexibility index (Phi) is 5.98. The smallest absolute Gasteiger partial charge is 0.258 e. The Bertz CT molecular complexity index is 1170. The SMILES string of the molecule is COc1ccc(C(C#N)N2CCN(C(=O)c3c(C)oc(-n4cccc4)c3C#N)CC2)cc1. The van der Waals surface area contributed by atoms with Gasteiger partial charge in [-0.2, -0.15) is 10.5 Å². The van der Waals surface area contributed by atoms with Crippen molar-refractivity contribution >= 4 is 5.91 Å². The standard InChI is InChI=1S/C24H23N5O3/c1-17-22(20(15-25)24(32-17)29-9-3-4-10-29)23(30)28-13-11-27(12-14-28)21(16-26)18-5-7-19(31-2)8-6-18/h3-10,21H,11-14H2,1-2H3. The van der Waals surface area contributed by atoms with Gasteiger partial charge in [-0.1, -0.05) is 12.1 Å². The summed E-state index contributed by atoms with van der Waals surface area (Å²) >= 11 is 0. The molecule has 1 aliphatic rings. The van der Waals surface area contributed by atoms with Gasteiger partial charge in [-0.05, 0) is 36.8 Å². The van der Waals surface area contributed by atoms with Gasteiger partial charge in [0.05, 0.1) is 13.2 Å². The van der Waals surface area contributed by atoms with E-state index in [1.54, 1.807) is 35.9 Å². The monoisotopic (exact) mass is 429 g/mol. The van der Waals surface area contributed by atoms with Crippen molar-refractivity contribution in [3.05, 3.63) is 71.2 Å². The molecule has 8 heteroatoms. The van der Waals surface area contributed by atoms with E-state index >= 15 is 0 Å². The van der Waals surface area contributed by atoms with Gasteiger partial charge >= 0.3 is 0 Å². The second-order valence-electron chi connectivity index (χ2n) is 7.55. The highest BCUT2D eigenvalue weighted by molar-refractivity contribution is 5.98. The molecule has 4 rings (SSSR count). The lowest BCUT2D eigenvalue weighted by molar-refractivity contribution is 0.0604. The molecule has 32 heavy (non-hydrogen) atoms. The number of methoxy groups -OCH3 is 1. The van der Waals surface area contributed by atoms with E-state index in [-0.39, 0.29) is 11.5 Å². The zero-order valence-corrected chi connectivity index (χ0v) is 18.0. The largest absolute Gasteiger partial charge is 0.497 e. The number of aromatic nitrogens is 1. The number of nitrogens with zero attached hydrogens (tertiary/aromatic N) is 5. The van der Waals surface area contributed by atoms with E-state index in [1.807, 2.05) is 36.4 Å². The Morgan fingerprint density at radius 1 is 1.09 bits per heavy atom. The second kappa shape index (κ2) is 9.01. The molecule has 1 saturated heterocycles. The maximum atomic E-state index is 13.3. The highest BCUT2D eigenvalue weighted by Crippen LogP contribution is 2.28. The number of carbonyl (C=O) groups excluding carboxylic acids is 1. The van der Waals surface area contributed by atoms with Crippen molar-refractivity contribution in [2.45, 2.75) is 13.0 Å². The number of furan rings is 1. The minimum Gasteiger partial charge on any atom is -0.497 e. The van der Waals surface area contributed by atoms with Gasteiger partial charge in [-0.15, -0.1) is 0 Å². The van der Waals surface area contributed by atoms with Crippen LogP contribution in [0, 0.1) is 29.6 Å². The number of rotatable bonds is 5. The van der Waals surface area contributed by atoms with Gasteiger partial charge in [-0.3, -0.25) is 14.3 Å². The summed E-state index contributed by atoms with van der Waals surface area (Å²) in [6.45, 7) is 3.73. The van der Waals surface area contributed by atoms with Crippen LogP contribution in [0.3, 0.4) is 0 Å². The van der Waals surface area contributed by atoms with Crippen LogP contribution in [0.15, 0.2) is 53.2 Å². The van der Waals surface area contributed by atoms with Gasteiger partial charge in [0.1, 0.15) is 34.7 Å². The van der Waals surface area contributed by atoms with Crippen molar-refractivity contribution in [2.75, 3.05) is 33.3 Å². The molecule has 0 saturated carbocycles. The van der Waals surface area contributed by atoms with E-state index in [9.17, 15) is 15.3 Å². The molecule has 0 N–H and O–H groups in total. The van der Waals surface area contributed by atoms with Crippen molar-refractivity contribution in [1.29, 1.82) is 10.5 Å². The third-order valence-electron chi connectivity index (χ3n) is 5.75. The number of hydrogen-bond acceptors (Lipinski definition) is 6. The Hall–Kier alpha value is -4.01. The average molecular weight is 429 g/mol. The maximum Gasteiger partial charge on any atom is 0.258 e. The Balaban J connectivity index is 1.49. The van der Waals surface area contributed by atoms with E-state index in [0.717, 1.165) is 11.3 Å². The van der Waals surface area contributed by atoms with Gasteiger partial charge in [0.2, 0.25) is 5.88 Å². The van der Waals surface area contributed by atoms with Crippen molar-refractivity contribution in [1.82, 2.24) is 14.4 Å². The first-order valence-electron chi connectivity index (χ1n) is 10.3. The van der Waals surface area contributed by atoms with Crippen molar-refractivity contribution in [3.63, 3.8) is 0 Å². The molecule has 0 spiro atoms. The number of amides is 1. The Labute approximate surface area is 186 Å². The summed E-state index contributed by atoms with van der Waals surface area (Å²) in [7, 11) is 1.61. The number of nitriles is 2. The van der Waals surface area contributed by atoms with E-state index in [0.29, 0.717) is 43.4 Å². The van der Waals surface area contributed by atoms with Crippen LogP contribution < -0.4 is 4.74 Å². The number of piperazine rings is 1. The number of aryl methyl sites for hydroxylation is 1. The molecule has 1 aliphatic heterocycles. The summed E-state index contributed by atoms with van der Waals surface area (Å²) in [6.07, 6.45) is 3.54. The summed E-state index contributed by atoms with van der Waals surface area (Å²) in [4.78, 5) is 17.1. The van der Waals surface area contributed by atoms with Gasteiger partial charge < -0.3 is 14.1 Å². The third kappa shape index (κ3) is 3.84. The number of benzene rings is 1. The first-order valence-corrected chi connectivity index (χ1v) is 10.3. The molecule has 1 atom stereocenters. The molecular weight excluding hydrogens is 406 g/mol. The van der Waals surface area contributed by atoms with E-state index in [2.05, 4.69) is 17.0 Å². The van der Waals surface area contributed by atoms with Crippen LogP contribution in [0.2, 0.25) is 0 Å².